The number of hydrogen-bond acceptors (Lipinski definition) is 4. The van der Waals surface area contributed by atoms with E-state index < -0.39 is 0 Å². The Morgan fingerprint density at radius 3 is 2.60 bits per heavy atom. The highest BCUT2D eigenvalue weighted by molar-refractivity contribution is 9.10. The lowest BCUT2D eigenvalue weighted by Gasteiger charge is -2.32. The second-order valence-electron chi connectivity index (χ2n) is 7.37. The lowest BCUT2D eigenvalue weighted by atomic mass is 9.96. The van der Waals surface area contributed by atoms with E-state index in [-0.39, 0.29) is 17.7 Å². The Balaban J connectivity index is 1.41. The Bertz CT molecular complexity index is 1050. The number of piperidine rings is 1. The third-order valence-corrected chi connectivity index (χ3v) is 5.72. The van der Waals surface area contributed by atoms with Crippen LogP contribution in [0, 0.1) is 12.8 Å². The SMILES string of the molecule is Cc1ccnn1-c1ccc(C(=O)N2CCCC(C(=O)Nc3ccc(Br)cn3)C2)cc1. The zero-order valence-electron chi connectivity index (χ0n) is 16.6. The van der Waals surface area contributed by atoms with Gasteiger partial charge < -0.3 is 10.2 Å². The Morgan fingerprint density at radius 2 is 1.93 bits per heavy atom. The van der Waals surface area contributed by atoms with Crippen LogP contribution in [0.1, 0.15) is 28.9 Å². The first-order chi connectivity index (χ1) is 14.5. The quantitative estimate of drug-likeness (QED) is 0.631. The van der Waals surface area contributed by atoms with Crippen molar-refractivity contribution in [1.82, 2.24) is 19.7 Å². The first kappa shape index (κ1) is 20.3. The van der Waals surface area contributed by atoms with Crippen LogP contribution in [-0.2, 0) is 4.79 Å². The molecule has 8 heteroatoms. The van der Waals surface area contributed by atoms with E-state index in [4.69, 9.17) is 0 Å². The molecule has 7 nitrogen and oxygen atoms in total. The predicted molar refractivity (Wildman–Crippen MR) is 117 cm³/mol. The van der Waals surface area contributed by atoms with Crippen molar-refractivity contribution in [2.75, 3.05) is 18.4 Å². The summed E-state index contributed by atoms with van der Waals surface area (Å²) in [6.07, 6.45) is 4.93. The number of hydrogen-bond donors (Lipinski definition) is 1. The molecule has 3 heterocycles. The maximum atomic E-state index is 13.0. The molecule has 1 aliphatic rings. The fourth-order valence-electron chi connectivity index (χ4n) is 3.62. The maximum absolute atomic E-state index is 13.0. The van der Waals surface area contributed by atoms with Gasteiger partial charge in [-0.25, -0.2) is 9.67 Å². The summed E-state index contributed by atoms with van der Waals surface area (Å²) in [6, 6.07) is 12.9. The summed E-state index contributed by atoms with van der Waals surface area (Å²) in [6.45, 7) is 3.04. The fourth-order valence-corrected chi connectivity index (χ4v) is 3.86. The molecule has 1 aliphatic heterocycles. The zero-order chi connectivity index (χ0) is 21.1. The van der Waals surface area contributed by atoms with Crippen LogP contribution in [0.15, 0.2) is 59.3 Å². The van der Waals surface area contributed by atoms with Gasteiger partial charge in [-0.15, -0.1) is 0 Å². The van der Waals surface area contributed by atoms with E-state index in [1.165, 1.54) is 0 Å². The number of rotatable bonds is 4. The van der Waals surface area contributed by atoms with Crippen molar-refractivity contribution in [3.8, 4) is 5.69 Å². The van der Waals surface area contributed by atoms with Crippen LogP contribution >= 0.6 is 15.9 Å². The number of nitrogens with zero attached hydrogens (tertiary/aromatic N) is 4. The van der Waals surface area contributed by atoms with Gasteiger partial charge in [0.1, 0.15) is 5.82 Å². The van der Waals surface area contributed by atoms with Crippen LogP contribution in [0.25, 0.3) is 5.69 Å². The molecule has 0 spiro atoms. The van der Waals surface area contributed by atoms with Crippen LogP contribution in [0.3, 0.4) is 0 Å². The number of pyridine rings is 1. The van der Waals surface area contributed by atoms with Gasteiger partial charge in [0.05, 0.1) is 11.6 Å². The van der Waals surface area contributed by atoms with Gasteiger partial charge in [-0.3, -0.25) is 9.59 Å². The number of halogens is 1. The molecule has 0 aliphatic carbocycles. The molecule has 30 heavy (non-hydrogen) atoms. The fraction of sp³-hybridized carbons (Fsp3) is 0.273. The van der Waals surface area contributed by atoms with E-state index in [1.54, 1.807) is 23.4 Å². The Labute approximate surface area is 183 Å². The molecule has 3 aromatic rings. The Hall–Kier alpha value is -3.00. The minimum Gasteiger partial charge on any atom is -0.338 e. The third kappa shape index (κ3) is 4.43. The van der Waals surface area contributed by atoms with E-state index in [9.17, 15) is 9.59 Å². The molecule has 1 aromatic carbocycles. The van der Waals surface area contributed by atoms with Gasteiger partial charge >= 0.3 is 0 Å². The van der Waals surface area contributed by atoms with E-state index >= 15 is 0 Å². The molecule has 1 saturated heterocycles. The van der Waals surface area contributed by atoms with E-state index in [0.717, 1.165) is 28.7 Å². The molecule has 1 unspecified atom stereocenters. The van der Waals surface area contributed by atoms with E-state index in [0.29, 0.717) is 24.5 Å². The van der Waals surface area contributed by atoms with Crippen LogP contribution in [0.2, 0.25) is 0 Å². The van der Waals surface area contributed by atoms with E-state index in [1.807, 2.05) is 48.0 Å². The molecule has 2 aromatic heterocycles. The Morgan fingerprint density at radius 1 is 1.13 bits per heavy atom. The second kappa shape index (κ2) is 8.79. The van der Waals surface area contributed by atoms with Crippen LogP contribution in [0.5, 0.6) is 0 Å². The lowest BCUT2D eigenvalue weighted by Crippen LogP contribution is -2.43. The summed E-state index contributed by atoms with van der Waals surface area (Å²) in [5, 5.41) is 7.14. The predicted octanol–water partition coefficient (Wildman–Crippen LogP) is 3.83. The molecule has 0 bridgehead atoms. The molecule has 2 amide bonds. The number of aryl methyl sites for hydroxylation is 1. The van der Waals surface area contributed by atoms with Gasteiger partial charge in [-0.05, 0) is 78.2 Å². The van der Waals surface area contributed by atoms with Crippen LogP contribution in [-0.4, -0.2) is 44.6 Å². The number of benzene rings is 1. The normalized spacial score (nSPS) is 16.3. The molecule has 1 N–H and O–H groups in total. The monoisotopic (exact) mass is 467 g/mol. The summed E-state index contributed by atoms with van der Waals surface area (Å²) in [7, 11) is 0. The first-order valence-electron chi connectivity index (χ1n) is 9.84. The molecule has 0 radical (unpaired) electrons. The van der Waals surface area contributed by atoms with Gasteiger partial charge in [0.15, 0.2) is 0 Å². The molecule has 154 valence electrons. The van der Waals surface area contributed by atoms with Crippen LogP contribution < -0.4 is 5.32 Å². The number of carbonyl (C=O) groups excluding carboxylic acids is 2. The zero-order valence-corrected chi connectivity index (χ0v) is 18.2. The van der Waals surface area contributed by atoms with Crippen molar-refractivity contribution in [2.45, 2.75) is 19.8 Å². The maximum Gasteiger partial charge on any atom is 0.253 e. The van der Waals surface area contributed by atoms with Gasteiger partial charge in [-0.1, -0.05) is 0 Å². The average molecular weight is 468 g/mol. The summed E-state index contributed by atoms with van der Waals surface area (Å²) in [4.78, 5) is 31.6. The highest BCUT2D eigenvalue weighted by atomic mass is 79.9. The van der Waals surface area contributed by atoms with Crippen molar-refractivity contribution in [3.63, 3.8) is 0 Å². The first-order valence-corrected chi connectivity index (χ1v) is 10.6. The smallest absolute Gasteiger partial charge is 0.253 e. The summed E-state index contributed by atoms with van der Waals surface area (Å²) in [5.41, 5.74) is 2.55. The van der Waals surface area contributed by atoms with Crippen LogP contribution in [0.4, 0.5) is 5.82 Å². The minimum atomic E-state index is -0.251. The summed E-state index contributed by atoms with van der Waals surface area (Å²) >= 11 is 3.33. The molecular weight excluding hydrogens is 446 g/mol. The Kier molecular flexibility index (Phi) is 5.94. The van der Waals surface area contributed by atoms with Crippen molar-refractivity contribution >= 4 is 33.6 Å². The molecule has 4 rings (SSSR count). The highest BCUT2D eigenvalue weighted by Gasteiger charge is 2.29. The van der Waals surface area contributed by atoms with Gasteiger partial charge in [0, 0.05) is 41.2 Å². The highest BCUT2D eigenvalue weighted by Crippen LogP contribution is 2.21. The number of amides is 2. The lowest BCUT2D eigenvalue weighted by molar-refractivity contribution is -0.121. The van der Waals surface area contributed by atoms with Gasteiger partial charge in [0.25, 0.3) is 5.91 Å². The molecule has 1 atom stereocenters. The molecule has 1 fully saturated rings. The van der Waals surface area contributed by atoms with Gasteiger partial charge in [-0.2, -0.15) is 5.10 Å². The largest absolute Gasteiger partial charge is 0.338 e. The van der Waals surface area contributed by atoms with E-state index in [2.05, 4.69) is 31.3 Å². The topological polar surface area (TPSA) is 80.1 Å². The number of nitrogens with one attached hydrogen (secondary N) is 1. The molecular formula is C22H22BrN5O2. The summed E-state index contributed by atoms with van der Waals surface area (Å²) < 4.78 is 2.68. The van der Waals surface area contributed by atoms with Crippen molar-refractivity contribution in [2.24, 2.45) is 5.92 Å². The van der Waals surface area contributed by atoms with Crippen molar-refractivity contribution < 1.29 is 9.59 Å². The van der Waals surface area contributed by atoms with Gasteiger partial charge in [0.2, 0.25) is 5.91 Å². The standard InChI is InChI=1S/C22H22BrN5O2/c1-15-10-11-25-28(15)19-7-4-16(5-8-19)22(30)27-12-2-3-17(14-27)21(29)26-20-9-6-18(23)13-24-20/h4-11,13,17H,2-3,12,14H2,1H3,(H,24,26,29). The number of likely N-dealkylation sites (tertiary alicyclic amines) is 1. The average Bonchev–Trinajstić information content (AvgIpc) is 3.21. The number of aromatic nitrogens is 3. The minimum absolute atomic E-state index is 0.0574. The second-order valence-corrected chi connectivity index (χ2v) is 8.29. The third-order valence-electron chi connectivity index (χ3n) is 5.25. The summed E-state index contributed by atoms with van der Waals surface area (Å²) in [5.74, 6) is 0.0973. The molecule has 0 saturated carbocycles. The number of anilines is 1. The number of carbonyl (C=O) groups is 2. The van der Waals surface area contributed by atoms with Crippen molar-refractivity contribution in [1.29, 1.82) is 0 Å². The van der Waals surface area contributed by atoms with Crippen molar-refractivity contribution in [3.05, 3.63) is 70.6 Å².